The van der Waals surface area contributed by atoms with Crippen LogP contribution in [0.5, 0.6) is 0 Å². The number of halogens is 3. The van der Waals surface area contributed by atoms with E-state index >= 15 is 0 Å². The summed E-state index contributed by atoms with van der Waals surface area (Å²) < 4.78 is 39.0. The number of aromatic nitrogens is 2. The maximum absolute atomic E-state index is 12.6. The molecule has 1 heterocycles. The van der Waals surface area contributed by atoms with Gasteiger partial charge in [-0.2, -0.15) is 18.3 Å². The summed E-state index contributed by atoms with van der Waals surface area (Å²) in [4.78, 5) is 0. The monoisotopic (exact) mass is 236 g/mol. The summed E-state index contributed by atoms with van der Waals surface area (Å²) in [5, 5.41) is 12.6. The lowest BCUT2D eigenvalue weighted by atomic mass is 10.0. The first-order valence-corrected chi connectivity index (χ1v) is 5.04. The SMILES string of the molecule is CC(O)Cn1cc(C(C)C)c(C(F)(F)F)n1. The molecule has 0 aliphatic heterocycles. The molecule has 0 bridgehead atoms. The molecule has 0 aliphatic rings. The molecule has 0 saturated heterocycles. The van der Waals surface area contributed by atoms with Gasteiger partial charge >= 0.3 is 6.18 Å². The zero-order chi connectivity index (χ0) is 12.5. The molecule has 3 nitrogen and oxygen atoms in total. The van der Waals surface area contributed by atoms with Gasteiger partial charge in [0, 0.05) is 11.8 Å². The van der Waals surface area contributed by atoms with Crippen molar-refractivity contribution in [3.8, 4) is 0 Å². The predicted octanol–water partition coefficient (Wildman–Crippen LogP) is 2.41. The third-order valence-electron chi connectivity index (χ3n) is 2.13. The Hall–Kier alpha value is -1.04. The highest BCUT2D eigenvalue weighted by Gasteiger charge is 2.37. The Kier molecular flexibility index (Phi) is 3.62. The van der Waals surface area contributed by atoms with Crippen molar-refractivity contribution >= 4 is 0 Å². The number of aliphatic hydroxyl groups excluding tert-OH is 1. The van der Waals surface area contributed by atoms with Gasteiger partial charge in [0.15, 0.2) is 5.69 Å². The second-order valence-electron chi connectivity index (χ2n) is 4.16. The van der Waals surface area contributed by atoms with E-state index in [2.05, 4.69) is 5.10 Å². The average molecular weight is 236 g/mol. The number of rotatable bonds is 3. The minimum absolute atomic E-state index is 0.0653. The molecule has 0 amide bonds. The number of nitrogens with zero attached hydrogens (tertiary/aromatic N) is 2. The largest absolute Gasteiger partial charge is 0.435 e. The van der Waals surface area contributed by atoms with Crippen LogP contribution >= 0.6 is 0 Å². The lowest BCUT2D eigenvalue weighted by Gasteiger charge is -2.07. The van der Waals surface area contributed by atoms with Crippen molar-refractivity contribution in [2.75, 3.05) is 0 Å². The molecule has 0 saturated carbocycles. The smallest absolute Gasteiger partial charge is 0.391 e. The quantitative estimate of drug-likeness (QED) is 0.875. The maximum atomic E-state index is 12.6. The van der Waals surface area contributed by atoms with E-state index < -0.39 is 18.0 Å². The molecular formula is C10H15F3N2O. The molecule has 0 spiro atoms. The standard InChI is InChI=1S/C10H15F3N2O/c1-6(2)8-5-15(4-7(3)16)14-9(8)10(11,12)13/h5-7,16H,4H2,1-3H3. The maximum Gasteiger partial charge on any atom is 0.435 e. The average Bonchev–Trinajstić information content (AvgIpc) is 2.45. The molecule has 92 valence electrons. The molecule has 6 heteroatoms. The van der Waals surface area contributed by atoms with E-state index in [1.807, 2.05) is 0 Å². The van der Waals surface area contributed by atoms with Gasteiger partial charge in [0.1, 0.15) is 0 Å². The van der Waals surface area contributed by atoms with Crippen LogP contribution in [0.1, 0.15) is 37.9 Å². The fourth-order valence-electron chi connectivity index (χ4n) is 1.44. The van der Waals surface area contributed by atoms with Crippen molar-refractivity contribution in [1.29, 1.82) is 0 Å². The van der Waals surface area contributed by atoms with E-state index in [0.717, 1.165) is 4.68 Å². The summed E-state index contributed by atoms with van der Waals surface area (Å²) in [6.07, 6.45) is -3.81. The molecule has 1 aromatic rings. The lowest BCUT2D eigenvalue weighted by molar-refractivity contribution is -0.142. The summed E-state index contributed by atoms with van der Waals surface area (Å²) in [6, 6.07) is 0. The molecule has 1 rings (SSSR count). The molecule has 0 aromatic carbocycles. The molecular weight excluding hydrogens is 221 g/mol. The Labute approximate surface area is 91.9 Å². The minimum atomic E-state index is -4.44. The van der Waals surface area contributed by atoms with Crippen LogP contribution < -0.4 is 0 Å². The van der Waals surface area contributed by atoms with Gasteiger partial charge in [0.25, 0.3) is 0 Å². The highest BCUT2D eigenvalue weighted by molar-refractivity contribution is 5.23. The third-order valence-corrected chi connectivity index (χ3v) is 2.13. The van der Waals surface area contributed by atoms with Gasteiger partial charge in [-0.15, -0.1) is 0 Å². The Bertz CT molecular complexity index is 355. The van der Waals surface area contributed by atoms with Crippen LogP contribution in [-0.4, -0.2) is 21.0 Å². The van der Waals surface area contributed by atoms with E-state index in [4.69, 9.17) is 5.11 Å². The Balaban J connectivity index is 3.11. The highest BCUT2D eigenvalue weighted by atomic mass is 19.4. The van der Waals surface area contributed by atoms with E-state index in [0.29, 0.717) is 0 Å². The van der Waals surface area contributed by atoms with Gasteiger partial charge < -0.3 is 5.11 Å². The summed E-state index contributed by atoms with van der Waals surface area (Å²) >= 11 is 0. The topological polar surface area (TPSA) is 38.0 Å². The molecule has 16 heavy (non-hydrogen) atoms. The van der Waals surface area contributed by atoms with E-state index in [1.54, 1.807) is 13.8 Å². The zero-order valence-corrected chi connectivity index (χ0v) is 9.41. The fourth-order valence-corrected chi connectivity index (χ4v) is 1.44. The van der Waals surface area contributed by atoms with E-state index in [9.17, 15) is 13.2 Å². The van der Waals surface area contributed by atoms with Crippen molar-refractivity contribution in [3.05, 3.63) is 17.5 Å². The van der Waals surface area contributed by atoms with Gasteiger partial charge in [0.05, 0.1) is 12.6 Å². The first-order chi connectivity index (χ1) is 7.21. The second-order valence-corrected chi connectivity index (χ2v) is 4.16. The second kappa shape index (κ2) is 4.45. The highest BCUT2D eigenvalue weighted by Crippen LogP contribution is 2.33. The molecule has 0 aliphatic carbocycles. The van der Waals surface area contributed by atoms with Crippen LogP contribution in [-0.2, 0) is 12.7 Å². The fraction of sp³-hybridized carbons (Fsp3) is 0.700. The lowest BCUT2D eigenvalue weighted by Crippen LogP contribution is -2.14. The first-order valence-electron chi connectivity index (χ1n) is 5.04. The van der Waals surface area contributed by atoms with Crippen molar-refractivity contribution in [3.63, 3.8) is 0 Å². The summed E-state index contributed by atoms with van der Waals surface area (Å²) in [7, 11) is 0. The molecule has 0 fully saturated rings. The van der Waals surface area contributed by atoms with Crippen LogP contribution in [0.4, 0.5) is 13.2 Å². The number of hydrogen-bond acceptors (Lipinski definition) is 2. The van der Waals surface area contributed by atoms with Gasteiger partial charge in [-0.1, -0.05) is 13.8 Å². The van der Waals surface area contributed by atoms with Crippen molar-refractivity contribution in [1.82, 2.24) is 9.78 Å². The summed E-state index contributed by atoms with van der Waals surface area (Å²) in [6.45, 7) is 4.93. The molecule has 1 aromatic heterocycles. The molecule has 1 unspecified atom stereocenters. The normalized spacial score (nSPS) is 14.5. The van der Waals surface area contributed by atoms with Gasteiger partial charge in [-0.05, 0) is 12.8 Å². The first kappa shape index (κ1) is 13.0. The van der Waals surface area contributed by atoms with Crippen LogP contribution in [0.3, 0.4) is 0 Å². The molecule has 1 N–H and O–H groups in total. The van der Waals surface area contributed by atoms with E-state index in [-0.39, 0.29) is 18.0 Å². The Morgan fingerprint density at radius 3 is 2.25 bits per heavy atom. The molecule has 1 atom stereocenters. The Morgan fingerprint density at radius 2 is 1.94 bits per heavy atom. The number of alkyl halides is 3. The van der Waals surface area contributed by atoms with E-state index in [1.165, 1.54) is 13.1 Å². The van der Waals surface area contributed by atoms with Gasteiger partial charge in [-0.25, -0.2) is 0 Å². The number of aliphatic hydroxyl groups is 1. The van der Waals surface area contributed by atoms with Gasteiger partial charge in [-0.3, -0.25) is 4.68 Å². The predicted molar refractivity (Wildman–Crippen MR) is 53.0 cm³/mol. The number of hydrogen-bond donors (Lipinski definition) is 1. The van der Waals surface area contributed by atoms with Crippen molar-refractivity contribution in [2.24, 2.45) is 0 Å². The van der Waals surface area contributed by atoms with Crippen LogP contribution in [0.2, 0.25) is 0 Å². The van der Waals surface area contributed by atoms with Crippen LogP contribution in [0.15, 0.2) is 6.20 Å². The summed E-state index contributed by atoms with van der Waals surface area (Å²) in [5.74, 6) is -0.251. The molecule has 0 radical (unpaired) electrons. The van der Waals surface area contributed by atoms with Crippen LogP contribution in [0.25, 0.3) is 0 Å². The third kappa shape index (κ3) is 2.98. The van der Waals surface area contributed by atoms with Crippen LogP contribution in [0, 0.1) is 0 Å². The van der Waals surface area contributed by atoms with Gasteiger partial charge in [0.2, 0.25) is 0 Å². The Morgan fingerprint density at radius 1 is 1.38 bits per heavy atom. The van der Waals surface area contributed by atoms with Crippen molar-refractivity contribution in [2.45, 2.75) is 45.5 Å². The zero-order valence-electron chi connectivity index (χ0n) is 9.41. The van der Waals surface area contributed by atoms with Crippen molar-refractivity contribution < 1.29 is 18.3 Å². The summed E-state index contributed by atoms with van der Waals surface area (Å²) in [5.41, 5.74) is -0.698. The minimum Gasteiger partial charge on any atom is -0.391 e.